The number of urea groups is 1. The van der Waals surface area contributed by atoms with Crippen LogP contribution >= 0.6 is 0 Å². The summed E-state index contributed by atoms with van der Waals surface area (Å²) in [6, 6.07) is 10.3. The van der Waals surface area contributed by atoms with Gasteiger partial charge in [-0.3, -0.25) is 0 Å². The van der Waals surface area contributed by atoms with E-state index >= 15 is 0 Å². The summed E-state index contributed by atoms with van der Waals surface area (Å²) in [6.45, 7) is 6.43. The highest BCUT2D eigenvalue weighted by molar-refractivity contribution is 5.74. The number of likely N-dealkylation sites (N-methyl/N-ethyl adjacent to an activating group) is 1. The molecule has 3 rings (SSSR count). The van der Waals surface area contributed by atoms with Crippen LogP contribution in [0.4, 0.5) is 10.6 Å². The average molecular weight is 355 g/mol. The summed E-state index contributed by atoms with van der Waals surface area (Å²) in [5, 5.41) is 11.2. The third-order valence-corrected chi connectivity index (χ3v) is 5.08. The maximum atomic E-state index is 12.6. The summed E-state index contributed by atoms with van der Waals surface area (Å²) in [7, 11) is 1.88. The molecule has 0 saturated carbocycles. The second-order valence-corrected chi connectivity index (χ2v) is 7.02. The van der Waals surface area contributed by atoms with Gasteiger partial charge in [-0.05, 0) is 49.9 Å². The molecule has 1 aromatic carbocycles. The van der Waals surface area contributed by atoms with E-state index in [0.29, 0.717) is 6.54 Å². The zero-order chi connectivity index (χ0) is 18.5. The van der Waals surface area contributed by atoms with Crippen LogP contribution in [0.25, 0.3) is 0 Å². The van der Waals surface area contributed by atoms with Crippen LogP contribution in [0.15, 0.2) is 36.5 Å². The van der Waals surface area contributed by atoms with Gasteiger partial charge in [-0.15, -0.1) is 5.10 Å². The largest absolute Gasteiger partial charge is 0.353 e. The fraction of sp³-hybridized carbons (Fsp3) is 0.450. The van der Waals surface area contributed by atoms with E-state index in [1.54, 1.807) is 6.20 Å². The zero-order valence-corrected chi connectivity index (χ0v) is 15.8. The number of rotatable bonds is 4. The van der Waals surface area contributed by atoms with Gasteiger partial charge in [0.25, 0.3) is 0 Å². The summed E-state index contributed by atoms with van der Waals surface area (Å²) >= 11 is 0. The maximum absolute atomic E-state index is 12.6. The Morgan fingerprint density at radius 3 is 3.00 bits per heavy atom. The minimum Gasteiger partial charge on any atom is -0.353 e. The number of benzene rings is 1. The monoisotopic (exact) mass is 355 g/mol. The number of hydrogen-bond donors (Lipinski definition) is 1. The Balaban J connectivity index is 0.00000261. The molecule has 26 heavy (non-hydrogen) atoms. The molecule has 0 unspecified atom stereocenters. The van der Waals surface area contributed by atoms with Crippen LogP contribution in [-0.2, 0) is 6.54 Å². The molecule has 6 nitrogen and oxygen atoms in total. The van der Waals surface area contributed by atoms with Crippen molar-refractivity contribution in [1.82, 2.24) is 20.4 Å². The third-order valence-electron chi connectivity index (χ3n) is 5.08. The van der Waals surface area contributed by atoms with Gasteiger partial charge in [0.15, 0.2) is 5.82 Å². The molecular weight excluding hydrogens is 326 g/mol. The van der Waals surface area contributed by atoms with E-state index in [9.17, 15) is 4.79 Å². The predicted molar refractivity (Wildman–Crippen MR) is 105 cm³/mol. The predicted octanol–water partition coefficient (Wildman–Crippen LogP) is 3.15. The van der Waals surface area contributed by atoms with Crippen molar-refractivity contribution >= 4 is 11.8 Å². The molecule has 0 radical (unpaired) electrons. The van der Waals surface area contributed by atoms with Gasteiger partial charge in [-0.25, -0.2) is 4.79 Å². The molecule has 2 heterocycles. The van der Waals surface area contributed by atoms with Crippen molar-refractivity contribution in [3.63, 3.8) is 0 Å². The van der Waals surface area contributed by atoms with Gasteiger partial charge in [0.1, 0.15) is 0 Å². The van der Waals surface area contributed by atoms with Gasteiger partial charge in [-0.1, -0.05) is 23.8 Å². The Morgan fingerprint density at radius 1 is 1.38 bits per heavy atom. The van der Waals surface area contributed by atoms with Crippen molar-refractivity contribution < 1.29 is 6.22 Å². The van der Waals surface area contributed by atoms with Crippen LogP contribution in [-0.4, -0.2) is 47.3 Å². The normalized spacial score (nSPS) is 17.0. The summed E-state index contributed by atoms with van der Waals surface area (Å²) < 4.78 is 0. The molecule has 0 bridgehead atoms. The highest BCUT2D eigenvalue weighted by Gasteiger charge is 2.26. The van der Waals surface area contributed by atoms with E-state index < -0.39 is 0 Å². The van der Waals surface area contributed by atoms with Crippen molar-refractivity contribution in [2.45, 2.75) is 39.3 Å². The zero-order valence-electron chi connectivity index (χ0n) is 15.8. The third kappa shape index (κ3) is 4.31. The highest BCUT2D eigenvalue weighted by Crippen LogP contribution is 2.20. The number of anilines is 1. The van der Waals surface area contributed by atoms with Crippen LogP contribution in [0.2, 0.25) is 0 Å². The smallest absolute Gasteiger partial charge is 0.317 e. The van der Waals surface area contributed by atoms with Crippen LogP contribution in [0, 0.1) is 13.8 Å². The second-order valence-electron chi connectivity index (χ2n) is 7.02. The number of aromatic nitrogens is 2. The maximum Gasteiger partial charge on any atom is 0.317 e. The number of nitrogens with one attached hydrogen (secondary N) is 1. The summed E-state index contributed by atoms with van der Waals surface area (Å²) in [5.74, 6) is 0.876. The highest BCUT2D eigenvalue weighted by atomic mass is 16.2. The molecule has 1 aromatic heterocycles. The molecule has 0 aliphatic carbocycles. The van der Waals surface area contributed by atoms with Crippen molar-refractivity contribution in [3.05, 3.63) is 53.2 Å². The van der Waals surface area contributed by atoms with E-state index in [4.69, 9.17) is 0 Å². The topological polar surface area (TPSA) is 61.4 Å². The number of hydrogen-bond acceptors (Lipinski definition) is 4. The van der Waals surface area contributed by atoms with Gasteiger partial charge in [0, 0.05) is 34.3 Å². The lowest BCUT2D eigenvalue weighted by Crippen LogP contribution is -2.51. The Morgan fingerprint density at radius 2 is 2.23 bits per heavy atom. The second kappa shape index (κ2) is 8.17. The van der Waals surface area contributed by atoms with Crippen LogP contribution in [0.5, 0.6) is 0 Å². The SMILES string of the molecule is Cc1ccc(C)c(CNC(=O)N(C)[C@@H]2CCCN(c3cccnn3)C2)c1.[HH]. The Labute approximate surface area is 156 Å². The molecule has 2 aromatic rings. The molecular formula is C20H29N5O. The number of carbonyl (C=O) groups excluding carboxylic acids is 1. The molecule has 1 aliphatic rings. The fourth-order valence-electron chi connectivity index (χ4n) is 3.39. The molecule has 2 amide bonds. The van der Waals surface area contributed by atoms with Crippen LogP contribution < -0.4 is 10.2 Å². The Hall–Kier alpha value is -2.63. The molecule has 1 fully saturated rings. The van der Waals surface area contributed by atoms with E-state index in [-0.39, 0.29) is 13.5 Å². The summed E-state index contributed by atoms with van der Waals surface area (Å²) in [5.41, 5.74) is 3.57. The molecule has 140 valence electrons. The van der Waals surface area contributed by atoms with Crippen molar-refractivity contribution in [2.24, 2.45) is 0 Å². The van der Waals surface area contributed by atoms with Crippen molar-refractivity contribution in [1.29, 1.82) is 0 Å². The van der Waals surface area contributed by atoms with Gasteiger partial charge in [0.05, 0.1) is 6.04 Å². The van der Waals surface area contributed by atoms with E-state index in [1.165, 1.54) is 11.1 Å². The fourth-order valence-corrected chi connectivity index (χ4v) is 3.39. The first kappa shape index (κ1) is 18.2. The average Bonchev–Trinajstić information content (AvgIpc) is 2.68. The lowest BCUT2D eigenvalue weighted by atomic mass is 10.0. The quantitative estimate of drug-likeness (QED) is 0.915. The lowest BCUT2D eigenvalue weighted by molar-refractivity contribution is 0.182. The van der Waals surface area contributed by atoms with Gasteiger partial charge >= 0.3 is 6.03 Å². The van der Waals surface area contributed by atoms with Gasteiger partial charge in [0.2, 0.25) is 0 Å². The number of amides is 2. The van der Waals surface area contributed by atoms with Crippen molar-refractivity contribution in [3.8, 4) is 0 Å². The first-order valence-corrected chi connectivity index (χ1v) is 9.14. The first-order chi connectivity index (χ1) is 12.5. The minimum absolute atomic E-state index is 0. The molecule has 0 spiro atoms. The standard InChI is InChI=1S/C20H27N5O.H2/c1-15-8-9-16(2)17(12-15)13-21-20(26)24(3)18-6-5-11-25(14-18)19-7-4-10-22-23-19;/h4,7-10,12,18H,5-6,11,13-14H2,1-3H3,(H,21,26);1H/t18-;/m1./s1. The number of aryl methyl sites for hydroxylation is 2. The summed E-state index contributed by atoms with van der Waals surface area (Å²) in [6.07, 6.45) is 3.72. The molecule has 1 saturated heterocycles. The van der Waals surface area contributed by atoms with E-state index in [1.807, 2.05) is 24.1 Å². The van der Waals surface area contributed by atoms with Gasteiger partial charge in [-0.2, -0.15) is 5.10 Å². The van der Waals surface area contributed by atoms with E-state index in [2.05, 4.69) is 52.5 Å². The van der Waals surface area contributed by atoms with Crippen molar-refractivity contribution in [2.75, 3.05) is 25.0 Å². The Bertz CT molecular complexity index is 755. The summed E-state index contributed by atoms with van der Waals surface area (Å²) in [4.78, 5) is 16.7. The van der Waals surface area contributed by atoms with Gasteiger partial charge < -0.3 is 15.1 Å². The number of piperidine rings is 1. The molecule has 1 N–H and O–H groups in total. The lowest BCUT2D eigenvalue weighted by Gasteiger charge is -2.38. The Kier molecular flexibility index (Phi) is 5.71. The molecule has 1 atom stereocenters. The van der Waals surface area contributed by atoms with Crippen LogP contribution in [0.3, 0.4) is 0 Å². The minimum atomic E-state index is -0.0306. The van der Waals surface area contributed by atoms with Crippen LogP contribution in [0.1, 0.15) is 31.0 Å². The molecule has 6 heteroatoms. The number of nitrogens with zero attached hydrogens (tertiary/aromatic N) is 4. The number of carbonyl (C=O) groups is 1. The van der Waals surface area contributed by atoms with E-state index in [0.717, 1.165) is 37.3 Å². The molecule has 1 aliphatic heterocycles. The first-order valence-electron chi connectivity index (χ1n) is 9.14.